The lowest BCUT2D eigenvalue weighted by molar-refractivity contribution is -0.130. The van der Waals surface area contributed by atoms with E-state index in [9.17, 15) is 19.2 Å². The van der Waals surface area contributed by atoms with E-state index in [0.717, 1.165) is 6.42 Å². The van der Waals surface area contributed by atoms with Crippen molar-refractivity contribution in [3.05, 3.63) is 29.8 Å². The van der Waals surface area contributed by atoms with Gasteiger partial charge < -0.3 is 36.9 Å². The van der Waals surface area contributed by atoms with Crippen molar-refractivity contribution in [1.82, 2.24) is 16.0 Å². The van der Waals surface area contributed by atoms with E-state index in [-0.39, 0.29) is 31.6 Å². The molecule has 11 nitrogen and oxygen atoms in total. The molecule has 4 amide bonds. The van der Waals surface area contributed by atoms with Crippen LogP contribution in [0, 0.1) is 0 Å². The molecule has 0 aliphatic carbocycles. The lowest BCUT2D eigenvalue weighted by Gasteiger charge is -2.15. The molecule has 0 spiro atoms. The highest BCUT2D eigenvalue weighted by Gasteiger charge is 2.17. The molecule has 1 unspecified atom stereocenters. The van der Waals surface area contributed by atoms with Crippen molar-refractivity contribution in [2.75, 3.05) is 45.3 Å². The fourth-order valence-corrected chi connectivity index (χ4v) is 2.90. The highest BCUT2D eigenvalue weighted by atomic mass is 16.5. The summed E-state index contributed by atoms with van der Waals surface area (Å²) in [6, 6.07) is 5.79. The van der Waals surface area contributed by atoms with E-state index in [2.05, 4.69) is 16.0 Å². The van der Waals surface area contributed by atoms with Crippen LogP contribution in [0.25, 0.3) is 0 Å². The topological polar surface area (TPSA) is 175 Å². The third kappa shape index (κ3) is 13.4. The van der Waals surface area contributed by atoms with Gasteiger partial charge in [-0.05, 0) is 49.9 Å². The van der Waals surface area contributed by atoms with Crippen LogP contribution in [0.15, 0.2) is 24.3 Å². The van der Waals surface area contributed by atoms with Crippen LogP contribution in [0.1, 0.15) is 49.4 Å². The van der Waals surface area contributed by atoms with Gasteiger partial charge in [-0.3, -0.25) is 19.2 Å². The molecule has 1 aromatic rings. The first-order valence-corrected chi connectivity index (χ1v) is 11.5. The Balaban J connectivity index is 2.12. The third-order valence-corrected chi connectivity index (χ3v) is 4.71. The first kappa shape index (κ1) is 28.9. The van der Waals surface area contributed by atoms with Gasteiger partial charge in [0.05, 0.1) is 19.8 Å². The standard InChI is InChI=1S/C23H37N5O6/c1-2-5-20(29)26-12-13-33-14-15-34-16-21(30)28-19(22(25)31)6-3-4-11-27-23(32)17-7-9-18(24)10-8-17/h7-10,19H,2-6,11-16,24H2,1H3,(H2,25,31)(H,26,29)(H,27,32)(H,28,30). The number of nitrogens with one attached hydrogen (secondary N) is 3. The van der Waals surface area contributed by atoms with E-state index in [1.165, 1.54) is 0 Å². The van der Waals surface area contributed by atoms with Crippen LogP contribution in [0.4, 0.5) is 5.69 Å². The predicted octanol–water partition coefficient (Wildman–Crippen LogP) is 0.0885. The number of amides is 4. The molecule has 0 aliphatic rings. The summed E-state index contributed by atoms with van der Waals surface area (Å²) >= 11 is 0. The summed E-state index contributed by atoms with van der Waals surface area (Å²) in [6.07, 6.45) is 2.84. The van der Waals surface area contributed by atoms with Crippen molar-refractivity contribution < 1.29 is 28.7 Å². The number of ether oxygens (including phenoxy) is 2. The minimum atomic E-state index is -0.813. The Labute approximate surface area is 200 Å². The quantitative estimate of drug-likeness (QED) is 0.146. The van der Waals surface area contributed by atoms with E-state index >= 15 is 0 Å². The molecule has 0 saturated carbocycles. The van der Waals surface area contributed by atoms with Crippen molar-refractivity contribution >= 4 is 29.3 Å². The summed E-state index contributed by atoms with van der Waals surface area (Å²) in [5.74, 6) is -1.30. The molecule has 7 N–H and O–H groups in total. The summed E-state index contributed by atoms with van der Waals surface area (Å²) in [5, 5.41) is 8.07. The molecule has 0 aromatic heterocycles. The molecule has 0 heterocycles. The number of unbranched alkanes of at least 4 members (excludes halogenated alkanes) is 1. The zero-order chi connectivity index (χ0) is 25.2. The zero-order valence-corrected chi connectivity index (χ0v) is 19.8. The van der Waals surface area contributed by atoms with Crippen molar-refractivity contribution in [3.63, 3.8) is 0 Å². The average Bonchev–Trinajstić information content (AvgIpc) is 2.80. The Morgan fingerprint density at radius 3 is 2.29 bits per heavy atom. The van der Waals surface area contributed by atoms with E-state index < -0.39 is 17.9 Å². The van der Waals surface area contributed by atoms with Gasteiger partial charge in [-0.1, -0.05) is 6.92 Å². The minimum Gasteiger partial charge on any atom is -0.399 e. The molecule has 0 bridgehead atoms. The molecular weight excluding hydrogens is 442 g/mol. The van der Waals surface area contributed by atoms with Crippen LogP contribution >= 0.6 is 0 Å². The molecule has 34 heavy (non-hydrogen) atoms. The second-order valence-corrected chi connectivity index (χ2v) is 7.66. The highest BCUT2D eigenvalue weighted by molar-refractivity contribution is 5.94. The van der Waals surface area contributed by atoms with Gasteiger partial charge in [0, 0.05) is 30.8 Å². The summed E-state index contributed by atoms with van der Waals surface area (Å²) in [4.78, 5) is 46.9. The summed E-state index contributed by atoms with van der Waals surface area (Å²) in [7, 11) is 0. The van der Waals surface area contributed by atoms with Crippen molar-refractivity contribution in [3.8, 4) is 0 Å². The maximum absolute atomic E-state index is 12.0. The zero-order valence-electron chi connectivity index (χ0n) is 19.8. The number of primary amides is 1. The third-order valence-electron chi connectivity index (χ3n) is 4.71. The van der Waals surface area contributed by atoms with Crippen molar-refractivity contribution in [1.29, 1.82) is 0 Å². The largest absolute Gasteiger partial charge is 0.399 e. The molecule has 1 rings (SSSR count). The van der Waals surface area contributed by atoms with Gasteiger partial charge in [-0.15, -0.1) is 0 Å². The molecule has 0 radical (unpaired) electrons. The smallest absolute Gasteiger partial charge is 0.251 e. The van der Waals surface area contributed by atoms with Crippen LogP contribution in [0.2, 0.25) is 0 Å². The highest BCUT2D eigenvalue weighted by Crippen LogP contribution is 2.06. The number of anilines is 1. The molecule has 0 saturated heterocycles. The van der Waals surface area contributed by atoms with Crippen LogP contribution in [0.5, 0.6) is 0 Å². The molecule has 1 aromatic carbocycles. The van der Waals surface area contributed by atoms with Gasteiger partial charge in [0.2, 0.25) is 17.7 Å². The number of hydrogen-bond acceptors (Lipinski definition) is 7. The van der Waals surface area contributed by atoms with Gasteiger partial charge in [0.25, 0.3) is 5.91 Å². The number of benzene rings is 1. The van der Waals surface area contributed by atoms with Gasteiger partial charge >= 0.3 is 0 Å². The van der Waals surface area contributed by atoms with Crippen LogP contribution < -0.4 is 27.4 Å². The lowest BCUT2D eigenvalue weighted by atomic mass is 10.1. The Hall–Kier alpha value is -3.18. The fraction of sp³-hybridized carbons (Fsp3) is 0.565. The molecule has 0 fully saturated rings. The SMILES string of the molecule is CCCC(=O)NCCOCCOCC(=O)NC(CCCCNC(=O)c1ccc(N)cc1)C(N)=O. The van der Waals surface area contributed by atoms with E-state index in [0.29, 0.717) is 56.6 Å². The molecule has 0 aliphatic heterocycles. The number of carbonyl (C=O) groups is 4. The number of nitrogens with two attached hydrogens (primary N) is 2. The second-order valence-electron chi connectivity index (χ2n) is 7.66. The number of hydrogen-bond donors (Lipinski definition) is 5. The Kier molecular flexibility index (Phi) is 14.7. The van der Waals surface area contributed by atoms with E-state index in [1.54, 1.807) is 24.3 Å². The molecular formula is C23H37N5O6. The number of carbonyl (C=O) groups excluding carboxylic acids is 4. The molecule has 11 heteroatoms. The van der Waals surface area contributed by atoms with Gasteiger partial charge in [0.1, 0.15) is 12.6 Å². The first-order chi connectivity index (χ1) is 16.3. The Morgan fingerprint density at radius 1 is 0.912 bits per heavy atom. The van der Waals surface area contributed by atoms with Crippen molar-refractivity contribution in [2.24, 2.45) is 5.73 Å². The monoisotopic (exact) mass is 479 g/mol. The fourth-order valence-electron chi connectivity index (χ4n) is 2.90. The maximum Gasteiger partial charge on any atom is 0.251 e. The molecule has 190 valence electrons. The minimum absolute atomic E-state index is 0.00839. The molecule has 1 atom stereocenters. The number of nitrogen functional groups attached to an aromatic ring is 1. The van der Waals surface area contributed by atoms with Gasteiger partial charge in [-0.25, -0.2) is 0 Å². The second kappa shape index (κ2) is 17.3. The lowest BCUT2D eigenvalue weighted by Crippen LogP contribution is -2.45. The first-order valence-electron chi connectivity index (χ1n) is 11.5. The number of rotatable bonds is 18. The summed E-state index contributed by atoms with van der Waals surface area (Å²) in [5.41, 5.74) is 12.1. The Morgan fingerprint density at radius 2 is 1.62 bits per heavy atom. The van der Waals surface area contributed by atoms with Crippen molar-refractivity contribution in [2.45, 2.75) is 45.1 Å². The Bertz CT molecular complexity index is 772. The summed E-state index contributed by atoms with van der Waals surface area (Å²) < 4.78 is 10.5. The average molecular weight is 480 g/mol. The van der Waals surface area contributed by atoms with E-state index in [1.807, 2.05) is 6.92 Å². The summed E-state index contributed by atoms with van der Waals surface area (Å²) in [6.45, 7) is 3.39. The van der Waals surface area contributed by atoms with Crippen LogP contribution in [-0.2, 0) is 23.9 Å². The van der Waals surface area contributed by atoms with Gasteiger partial charge in [-0.2, -0.15) is 0 Å². The normalized spacial score (nSPS) is 11.4. The van der Waals surface area contributed by atoms with Gasteiger partial charge in [0.15, 0.2) is 0 Å². The van der Waals surface area contributed by atoms with Crippen LogP contribution in [-0.4, -0.2) is 69.2 Å². The van der Waals surface area contributed by atoms with E-state index in [4.69, 9.17) is 20.9 Å². The predicted molar refractivity (Wildman–Crippen MR) is 128 cm³/mol. The maximum atomic E-state index is 12.0. The van der Waals surface area contributed by atoms with Crippen LogP contribution in [0.3, 0.4) is 0 Å².